The molecule has 2 aliphatic carbocycles. The van der Waals surface area contributed by atoms with Crippen molar-refractivity contribution in [2.24, 2.45) is 23.7 Å². The molecule has 162 valence electrons. The molecular weight excluding hydrogens is 371 g/mol. The van der Waals surface area contributed by atoms with Crippen molar-refractivity contribution in [3.05, 3.63) is 54.4 Å². The molecule has 0 saturated heterocycles. The van der Waals surface area contributed by atoms with Crippen molar-refractivity contribution < 1.29 is 9.13 Å². The van der Waals surface area contributed by atoms with Crippen LogP contribution in [0.15, 0.2) is 43.0 Å². The Morgan fingerprint density at radius 1 is 0.967 bits per heavy atom. The molecule has 0 amide bonds. The Bertz CT molecular complexity index is 841. The highest BCUT2D eigenvalue weighted by molar-refractivity contribution is 5.85. The zero-order valence-electron chi connectivity index (χ0n) is 18.5. The van der Waals surface area contributed by atoms with E-state index in [2.05, 4.69) is 24.8 Å². The molecule has 2 aliphatic rings. The summed E-state index contributed by atoms with van der Waals surface area (Å²) in [5, 5.41) is 1.64. The molecule has 2 aromatic carbocycles. The summed E-state index contributed by atoms with van der Waals surface area (Å²) in [4.78, 5) is 0. The van der Waals surface area contributed by atoms with Gasteiger partial charge in [-0.2, -0.15) is 0 Å². The lowest BCUT2D eigenvalue weighted by atomic mass is 9.68. The molecule has 0 radical (unpaired) electrons. The van der Waals surface area contributed by atoms with Crippen molar-refractivity contribution in [3.8, 4) is 5.75 Å². The number of fused-ring (bicyclic) bond motifs is 1. The fourth-order valence-electron chi connectivity index (χ4n) is 5.92. The summed E-state index contributed by atoms with van der Waals surface area (Å²) < 4.78 is 20.0. The average molecular weight is 409 g/mol. The molecule has 2 aromatic rings. The van der Waals surface area contributed by atoms with E-state index in [-0.39, 0.29) is 5.82 Å². The number of hydrogen-bond acceptors (Lipinski definition) is 1. The zero-order chi connectivity index (χ0) is 20.9. The van der Waals surface area contributed by atoms with E-state index in [0.29, 0.717) is 17.7 Å². The van der Waals surface area contributed by atoms with Crippen molar-refractivity contribution in [1.82, 2.24) is 0 Å². The lowest BCUT2D eigenvalue weighted by molar-refractivity contribution is 0.153. The maximum atomic E-state index is 14.6. The Balaban J connectivity index is 1.28. The van der Waals surface area contributed by atoms with Gasteiger partial charge in [0, 0.05) is 5.39 Å². The first-order chi connectivity index (χ1) is 14.7. The molecule has 0 spiro atoms. The van der Waals surface area contributed by atoms with Crippen LogP contribution in [0.5, 0.6) is 5.75 Å². The van der Waals surface area contributed by atoms with E-state index >= 15 is 0 Å². The van der Waals surface area contributed by atoms with Crippen LogP contribution in [0.2, 0.25) is 0 Å². The molecule has 4 rings (SSSR count). The summed E-state index contributed by atoms with van der Waals surface area (Å²) in [5.74, 6) is 3.69. The van der Waals surface area contributed by atoms with Gasteiger partial charge in [-0.25, -0.2) is 4.39 Å². The minimum absolute atomic E-state index is 0.235. The van der Waals surface area contributed by atoms with E-state index < -0.39 is 0 Å². The smallest absolute Gasteiger partial charge is 0.172 e. The van der Waals surface area contributed by atoms with Crippen LogP contribution in [0.25, 0.3) is 10.8 Å². The average Bonchev–Trinajstić information content (AvgIpc) is 2.80. The van der Waals surface area contributed by atoms with Crippen molar-refractivity contribution in [3.63, 3.8) is 0 Å². The van der Waals surface area contributed by atoms with Crippen LogP contribution >= 0.6 is 0 Å². The van der Waals surface area contributed by atoms with Gasteiger partial charge in [0.25, 0.3) is 0 Å². The number of benzene rings is 2. The summed E-state index contributed by atoms with van der Waals surface area (Å²) in [7, 11) is 0. The second-order valence-electron chi connectivity index (χ2n) is 9.60. The SMILES string of the molecule is C=CC1CCC(C2CCC(CCc3ccc4c(F)c(OCC)ccc4c3)CC2)CC1. The van der Waals surface area contributed by atoms with E-state index in [1.807, 2.05) is 19.1 Å². The van der Waals surface area contributed by atoms with E-state index in [1.54, 1.807) is 6.07 Å². The molecule has 0 heterocycles. The van der Waals surface area contributed by atoms with Gasteiger partial charge in [0.15, 0.2) is 11.6 Å². The van der Waals surface area contributed by atoms with Crippen LogP contribution in [0.3, 0.4) is 0 Å². The highest BCUT2D eigenvalue weighted by Gasteiger charge is 2.30. The Morgan fingerprint density at radius 2 is 1.67 bits per heavy atom. The van der Waals surface area contributed by atoms with Crippen LogP contribution in [-0.4, -0.2) is 6.61 Å². The molecule has 0 N–H and O–H groups in total. The summed E-state index contributed by atoms with van der Waals surface area (Å²) in [6.45, 7) is 6.35. The van der Waals surface area contributed by atoms with E-state index in [9.17, 15) is 4.39 Å². The van der Waals surface area contributed by atoms with Crippen molar-refractivity contribution in [1.29, 1.82) is 0 Å². The second-order valence-corrected chi connectivity index (χ2v) is 9.60. The first kappa shape index (κ1) is 21.4. The Hall–Kier alpha value is -1.83. The van der Waals surface area contributed by atoms with Crippen molar-refractivity contribution in [2.75, 3.05) is 6.61 Å². The highest BCUT2D eigenvalue weighted by Crippen LogP contribution is 2.42. The molecule has 2 fully saturated rings. The Labute approximate surface area is 181 Å². The van der Waals surface area contributed by atoms with Gasteiger partial charge in [0.2, 0.25) is 0 Å². The quantitative estimate of drug-likeness (QED) is 0.420. The fraction of sp³-hybridized carbons (Fsp3) is 0.571. The van der Waals surface area contributed by atoms with Crippen LogP contribution in [-0.2, 0) is 6.42 Å². The van der Waals surface area contributed by atoms with Crippen LogP contribution in [0, 0.1) is 29.5 Å². The van der Waals surface area contributed by atoms with Gasteiger partial charge in [-0.05, 0) is 99.0 Å². The summed E-state index contributed by atoms with van der Waals surface area (Å²) >= 11 is 0. The lowest BCUT2D eigenvalue weighted by Crippen LogP contribution is -2.25. The van der Waals surface area contributed by atoms with E-state index in [4.69, 9.17) is 4.74 Å². The molecule has 1 nitrogen and oxygen atoms in total. The van der Waals surface area contributed by atoms with Crippen LogP contribution in [0.1, 0.15) is 70.3 Å². The Morgan fingerprint density at radius 3 is 2.33 bits per heavy atom. The third-order valence-corrected chi connectivity index (χ3v) is 7.83. The minimum Gasteiger partial charge on any atom is -0.491 e. The molecular formula is C28H37FO. The first-order valence-electron chi connectivity index (χ1n) is 12.1. The summed E-state index contributed by atoms with van der Waals surface area (Å²) in [6.07, 6.45) is 15.8. The van der Waals surface area contributed by atoms with Crippen LogP contribution in [0.4, 0.5) is 4.39 Å². The molecule has 0 atom stereocenters. The summed E-state index contributed by atoms with van der Waals surface area (Å²) in [5.41, 5.74) is 1.33. The fourth-order valence-corrected chi connectivity index (χ4v) is 5.92. The third kappa shape index (κ3) is 4.90. The van der Waals surface area contributed by atoms with Gasteiger partial charge in [-0.15, -0.1) is 6.58 Å². The zero-order valence-corrected chi connectivity index (χ0v) is 18.5. The number of aryl methyl sites for hydroxylation is 1. The maximum Gasteiger partial charge on any atom is 0.172 e. The molecule has 2 heteroatoms. The number of allylic oxidation sites excluding steroid dienone is 1. The normalized spacial score (nSPS) is 27.1. The molecule has 0 aliphatic heterocycles. The standard InChI is InChI=1S/C28H37FO/c1-3-20-7-12-23(13-8-20)24-14-9-21(10-15-24)5-6-22-11-17-26-25(19-22)16-18-27(28(26)29)30-4-2/h3,11,16-21,23-24H,1,4-10,12-15H2,2H3. The molecule has 0 unspecified atom stereocenters. The predicted octanol–water partition coefficient (Wildman–Crippen LogP) is 8.11. The monoisotopic (exact) mass is 408 g/mol. The molecule has 0 bridgehead atoms. The summed E-state index contributed by atoms with van der Waals surface area (Å²) in [6, 6.07) is 9.94. The second kappa shape index (κ2) is 9.98. The van der Waals surface area contributed by atoms with Gasteiger partial charge in [0.05, 0.1) is 6.61 Å². The molecule has 2 saturated carbocycles. The van der Waals surface area contributed by atoms with Crippen molar-refractivity contribution >= 4 is 10.8 Å². The van der Waals surface area contributed by atoms with E-state index in [1.165, 1.54) is 63.4 Å². The van der Waals surface area contributed by atoms with Gasteiger partial charge in [-0.3, -0.25) is 0 Å². The van der Waals surface area contributed by atoms with Gasteiger partial charge >= 0.3 is 0 Å². The van der Waals surface area contributed by atoms with Crippen LogP contribution < -0.4 is 4.74 Å². The van der Waals surface area contributed by atoms with Crippen molar-refractivity contribution in [2.45, 2.75) is 71.1 Å². The van der Waals surface area contributed by atoms with Gasteiger partial charge in [0.1, 0.15) is 0 Å². The number of halogens is 1. The largest absolute Gasteiger partial charge is 0.491 e. The van der Waals surface area contributed by atoms with Gasteiger partial charge < -0.3 is 4.74 Å². The topological polar surface area (TPSA) is 9.23 Å². The Kier molecular flexibility index (Phi) is 7.12. The minimum atomic E-state index is -0.235. The highest BCUT2D eigenvalue weighted by atomic mass is 19.1. The van der Waals surface area contributed by atoms with Gasteiger partial charge in [-0.1, -0.05) is 43.2 Å². The number of hydrogen-bond donors (Lipinski definition) is 0. The third-order valence-electron chi connectivity index (χ3n) is 7.83. The lowest BCUT2D eigenvalue weighted by Gasteiger charge is -2.37. The number of rotatable bonds is 7. The molecule has 0 aromatic heterocycles. The first-order valence-corrected chi connectivity index (χ1v) is 12.1. The molecule has 30 heavy (non-hydrogen) atoms. The van der Waals surface area contributed by atoms with E-state index in [0.717, 1.165) is 35.5 Å². The maximum absolute atomic E-state index is 14.6. The number of ether oxygens (including phenoxy) is 1. The predicted molar refractivity (Wildman–Crippen MR) is 124 cm³/mol.